The number of carbonyl (C=O) groups excluding carboxylic acids is 2. The molecule has 0 bridgehead atoms. The van der Waals surface area contributed by atoms with Gasteiger partial charge in [-0.25, -0.2) is 4.98 Å². The molecule has 2 fully saturated rings. The molecule has 0 spiro atoms. The van der Waals surface area contributed by atoms with Gasteiger partial charge < -0.3 is 25.3 Å². The molecule has 8 heteroatoms. The van der Waals surface area contributed by atoms with E-state index in [9.17, 15) is 9.59 Å². The summed E-state index contributed by atoms with van der Waals surface area (Å²) in [4.78, 5) is 34.8. The molecule has 4 rings (SSSR count). The summed E-state index contributed by atoms with van der Waals surface area (Å²) < 4.78 is 5.32. The number of morpholine rings is 1. The lowest BCUT2D eigenvalue weighted by atomic mass is 9.88. The molecule has 28 heavy (non-hydrogen) atoms. The molecule has 2 atom stereocenters. The van der Waals surface area contributed by atoms with Crippen molar-refractivity contribution in [3.05, 3.63) is 29.6 Å². The molecule has 2 aliphatic rings. The normalized spacial score (nSPS) is 23.0. The minimum absolute atomic E-state index is 0.00661. The van der Waals surface area contributed by atoms with Crippen molar-refractivity contribution in [3.63, 3.8) is 0 Å². The molecule has 3 heterocycles. The summed E-state index contributed by atoms with van der Waals surface area (Å²) in [5.41, 5.74) is 2.92. The van der Waals surface area contributed by atoms with Gasteiger partial charge in [-0.2, -0.15) is 0 Å². The second kappa shape index (κ2) is 8.28. The summed E-state index contributed by atoms with van der Waals surface area (Å²) in [6.45, 7) is 6.10. The van der Waals surface area contributed by atoms with Crippen LogP contribution in [-0.2, 0) is 20.9 Å². The molecule has 2 saturated heterocycles. The number of H-pyrrole nitrogens is 1. The van der Waals surface area contributed by atoms with E-state index in [-0.39, 0.29) is 23.7 Å². The zero-order chi connectivity index (χ0) is 19.5. The predicted molar refractivity (Wildman–Crippen MR) is 105 cm³/mol. The SMILES string of the molecule is Cc1nc2ccc(CNC(=O)[C@H]3CNC[C@@H](C(=O)N4CCOCC4)C3)cc2[nH]1. The Kier molecular flexibility index (Phi) is 5.59. The summed E-state index contributed by atoms with van der Waals surface area (Å²) in [7, 11) is 0. The number of aryl methyl sites for hydroxylation is 1. The Bertz CT molecular complexity index is 859. The largest absolute Gasteiger partial charge is 0.378 e. The minimum atomic E-state index is -0.193. The standard InChI is InChI=1S/C20H27N5O3/c1-13-23-17-3-2-14(8-18(17)24-13)10-22-19(26)15-9-16(12-21-11-15)20(27)25-4-6-28-7-5-25/h2-3,8,15-16,21H,4-7,9-12H2,1H3,(H,22,26)(H,23,24)/t15-,16+/m1/s1. The van der Waals surface area contributed by atoms with E-state index in [0.29, 0.717) is 52.4 Å². The highest BCUT2D eigenvalue weighted by Crippen LogP contribution is 2.20. The number of rotatable bonds is 4. The Labute approximate surface area is 164 Å². The monoisotopic (exact) mass is 385 g/mol. The molecule has 2 amide bonds. The van der Waals surface area contributed by atoms with E-state index in [2.05, 4.69) is 20.6 Å². The number of imidazole rings is 1. The Hall–Kier alpha value is -2.45. The van der Waals surface area contributed by atoms with Crippen LogP contribution in [0.3, 0.4) is 0 Å². The van der Waals surface area contributed by atoms with E-state index in [1.807, 2.05) is 30.0 Å². The molecule has 1 aromatic heterocycles. The van der Waals surface area contributed by atoms with Crippen LogP contribution in [0.5, 0.6) is 0 Å². The summed E-state index contributed by atoms with van der Waals surface area (Å²) in [6, 6.07) is 5.95. The first kappa shape index (κ1) is 18.9. The third-order valence-electron chi connectivity index (χ3n) is 5.52. The van der Waals surface area contributed by atoms with Gasteiger partial charge in [0.1, 0.15) is 5.82 Å². The molecule has 0 unspecified atom stereocenters. The van der Waals surface area contributed by atoms with Gasteiger partial charge in [-0.1, -0.05) is 6.07 Å². The number of fused-ring (bicyclic) bond motifs is 1. The van der Waals surface area contributed by atoms with Gasteiger partial charge in [-0.3, -0.25) is 9.59 Å². The average Bonchev–Trinajstić information content (AvgIpc) is 3.11. The van der Waals surface area contributed by atoms with Crippen LogP contribution in [0.1, 0.15) is 17.8 Å². The fraction of sp³-hybridized carbons (Fsp3) is 0.550. The highest BCUT2D eigenvalue weighted by molar-refractivity contribution is 5.83. The number of benzene rings is 1. The van der Waals surface area contributed by atoms with Gasteiger partial charge in [-0.15, -0.1) is 0 Å². The predicted octanol–water partition coefficient (Wildman–Crippen LogP) is 0.572. The van der Waals surface area contributed by atoms with E-state index in [0.717, 1.165) is 22.4 Å². The molecule has 2 aliphatic heterocycles. The minimum Gasteiger partial charge on any atom is -0.378 e. The Morgan fingerprint density at radius 2 is 2.04 bits per heavy atom. The van der Waals surface area contributed by atoms with Gasteiger partial charge in [-0.05, 0) is 31.0 Å². The first-order valence-electron chi connectivity index (χ1n) is 9.90. The first-order valence-corrected chi connectivity index (χ1v) is 9.90. The van der Waals surface area contributed by atoms with E-state index >= 15 is 0 Å². The molecular weight excluding hydrogens is 358 g/mol. The number of nitrogens with zero attached hydrogens (tertiary/aromatic N) is 2. The van der Waals surface area contributed by atoms with Crippen LogP contribution in [0.15, 0.2) is 18.2 Å². The molecular formula is C20H27N5O3. The number of hydrogen-bond acceptors (Lipinski definition) is 5. The molecule has 2 aromatic rings. The average molecular weight is 385 g/mol. The molecule has 3 N–H and O–H groups in total. The maximum absolute atomic E-state index is 12.7. The van der Waals surface area contributed by atoms with Gasteiger partial charge in [0.2, 0.25) is 11.8 Å². The summed E-state index contributed by atoms with van der Waals surface area (Å²) >= 11 is 0. The van der Waals surface area contributed by atoms with Crippen LogP contribution in [-0.4, -0.2) is 66.1 Å². The Morgan fingerprint density at radius 1 is 1.25 bits per heavy atom. The van der Waals surface area contributed by atoms with Crippen molar-refractivity contribution < 1.29 is 14.3 Å². The van der Waals surface area contributed by atoms with E-state index in [1.54, 1.807) is 0 Å². The molecule has 0 aliphatic carbocycles. The summed E-state index contributed by atoms with van der Waals surface area (Å²) in [6.07, 6.45) is 0.591. The van der Waals surface area contributed by atoms with E-state index in [4.69, 9.17) is 4.74 Å². The Morgan fingerprint density at radius 3 is 2.86 bits per heavy atom. The van der Waals surface area contributed by atoms with E-state index < -0.39 is 0 Å². The molecule has 150 valence electrons. The fourth-order valence-corrected chi connectivity index (χ4v) is 4.00. The van der Waals surface area contributed by atoms with Crippen LogP contribution >= 0.6 is 0 Å². The third kappa shape index (κ3) is 4.18. The van der Waals surface area contributed by atoms with E-state index in [1.165, 1.54) is 0 Å². The zero-order valence-corrected chi connectivity index (χ0v) is 16.2. The maximum Gasteiger partial charge on any atom is 0.227 e. The topological polar surface area (TPSA) is 99.3 Å². The Balaban J connectivity index is 1.32. The first-order chi connectivity index (χ1) is 13.6. The number of ether oxygens (including phenoxy) is 1. The van der Waals surface area contributed by atoms with Gasteiger partial charge in [0, 0.05) is 32.7 Å². The van der Waals surface area contributed by atoms with Gasteiger partial charge in [0.25, 0.3) is 0 Å². The number of aromatic amines is 1. The number of piperidine rings is 1. The summed E-state index contributed by atoms with van der Waals surface area (Å²) in [5.74, 6) is 0.662. The number of nitrogens with one attached hydrogen (secondary N) is 3. The van der Waals surface area contributed by atoms with Crippen molar-refractivity contribution in [2.24, 2.45) is 11.8 Å². The lowest BCUT2D eigenvalue weighted by Gasteiger charge is -2.34. The van der Waals surface area contributed by atoms with Crippen molar-refractivity contribution in [1.82, 2.24) is 25.5 Å². The molecule has 1 aromatic carbocycles. The van der Waals surface area contributed by atoms with Crippen LogP contribution in [0.4, 0.5) is 0 Å². The third-order valence-corrected chi connectivity index (χ3v) is 5.52. The quantitative estimate of drug-likeness (QED) is 0.715. The van der Waals surface area contributed by atoms with Crippen molar-refractivity contribution in [2.75, 3.05) is 39.4 Å². The lowest BCUT2D eigenvalue weighted by molar-refractivity contribution is -0.141. The van der Waals surface area contributed by atoms with Crippen molar-refractivity contribution in [1.29, 1.82) is 0 Å². The second-order valence-corrected chi connectivity index (χ2v) is 7.62. The number of hydrogen-bond donors (Lipinski definition) is 3. The molecule has 0 saturated carbocycles. The molecule has 0 radical (unpaired) electrons. The van der Waals surface area contributed by atoms with Crippen LogP contribution in [0, 0.1) is 18.8 Å². The van der Waals surface area contributed by atoms with Gasteiger partial charge in [0.05, 0.1) is 36.1 Å². The second-order valence-electron chi connectivity index (χ2n) is 7.62. The van der Waals surface area contributed by atoms with Crippen LogP contribution in [0.2, 0.25) is 0 Å². The smallest absolute Gasteiger partial charge is 0.227 e. The van der Waals surface area contributed by atoms with Crippen molar-refractivity contribution >= 4 is 22.8 Å². The number of carbonyl (C=O) groups is 2. The van der Waals surface area contributed by atoms with Crippen LogP contribution < -0.4 is 10.6 Å². The molecule has 8 nitrogen and oxygen atoms in total. The highest BCUT2D eigenvalue weighted by Gasteiger charge is 2.33. The fourth-order valence-electron chi connectivity index (χ4n) is 4.00. The zero-order valence-electron chi connectivity index (χ0n) is 16.2. The van der Waals surface area contributed by atoms with Gasteiger partial charge >= 0.3 is 0 Å². The van der Waals surface area contributed by atoms with Gasteiger partial charge in [0.15, 0.2) is 0 Å². The van der Waals surface area contributed by atoms with Crippen molar-refractivity contribution in [3.8, 4) is 0 Å². The maximum atomic E-state index is 12.7. The lowest BCUT2D eigenvalue weighted by Crippen LogP contribution is -2.51. The highest BCUT2D eigenvalue weighted by atomic mass is 16.5. The van der Waals surface area contributed by atoms with Crippen LogP contribution in [0.25, 0.3) is 11.0 Å². The number of aromatic nitrogens is 2. The number of amides is 2. The van der Waals surface area contributed by atoms with Crippen molar-refractivity contribution in [2.45, 2.75) is 19.9 Å². The summed E-state index contributed by atoms with van der Waals surface area (Å²) in [5, 5.41) is 6.28.